The number of benzene rings is 4. The van der Waals surface area contributed by atoms with E-state index < -0.39 is 17.9 Å². The van der Waals surface area contributed by atoms with Crippen LogP contribution in [0.25, 0.3) is 0 Å². The molecule has 0 atom stereocenters. The first-order valence-corrected chi connectivity index (χ1v) is 14.4. The van der Waals surface area contributed by atoms with Crippen molar-refractivity contribution >= 4 is 31.2 Å². The van der Waals surface area contributed by atoms with Gasteiger partial charge in [-0.15, -0.1) is 0 Å². The largest absolute Gasteiger partial charge is 0.494 e. The molecule has 0 fully saturated rings. The zero-order valence-electron chi connectivity index (χ0n) is 25.2. The fourth-order valence-electron chi connectivity index (χ4n) is 4.09. The van der Waals surface area contributed by atoms with Crippen LogP contribution in [-0.2, 0) is 16.1 Å². The summed E-state index contributed by atoms with van der Waals surface area (Å²) in [6.07, 6.45) is 2.49. The van der Waals surface area contributed by atoms with Crippen molar-refractivity contribution in [2.75, 3.05) is 13.2 Å². The number of ether oxygens (including phenoxy) is 5. The molecule has 0 aromatic heterocycles. The van der Waals surface area contributed by atoms with E-state index in [2.05, 4.69) is 6.58 Å². The van der Waals surface area contributed by atoms with Gasteiger partial charge in [0.05, 0.1) is 24.3 Å². The molecule has 0 bridgehead atoms. The number of carbonyl (C=O) groups excluding carboxylic acids is 3. The van der Waals surface area contributed by atoms with Crippen molar-refractivity contribution in [2.45, 2.75) is 33.3 Å². The lowest BCUT2D eigenvalue weighted by Gasteiger charge is -2.14. The summed E-state index contributed by atoms with van der Waals surface area (Å²) < 4.78 is 27.6. The number of carbonyl (C=O) groups is 3. The predicted molar refractivity (Wildman–Crippen MR) is 171 cm³/mol. The SMILES string of the molecule is [B]c1ccc(OCc2ccc(C(=O)Oc3ccc(OC(=O)c4ccc(OCCCCOC(=O)C=C)cc4)c(C)c3C)cc2)cc1. The van der Waals surface area contributed by atoms with E-state index in [0.29, 0.717) is 83.4 Å². The molecule has 0 unspecified atom stereocenters. The van der Waals surface area contributed by atoms with Crippen LogP contribution in [0.5, 0.6) is 23.0 Å². The Morgan fingerprint density at radius 3 is 1.71 bits per heavy atom. The van der Waals surface area contributed by atoms with E-state index in [1.165, 1.54) is 0 Å². The molecule has 0 aliphatic rings. The first-order chi connectivity index (χ1) is 21.7. The Kier molecular flexibility index (Phi) is 11.6. The average Bonchev–Trinajstić information content (AvgIpc) is 3.06. The molecule has 2 radical (unpaired) electrons. The van der Waals surface area contributed by atoms with Crippen molar-refractivity contribution in [1.29, 1.82) is 0 Å². The zero-order valence-corrected chi connectivity index (χ0v) is 25.2. The Balaban J connectivity index is 1.27. The molecular formula is C36H33BO8. The van der Waals surface area contributed by atoms with Crippen LogP contribution in [0.4, 0.5) is 0 Å². The summed E-state index contributed by atoms with van der Waals surface area (Å²) in [6.45, 7) is 8.02. The molecule has 4 rings (SSSR count). The minimum absolute atomic E-state index is 0.304. The van der Waals surface area contributed by atoms with Gasteiger partial charge in [0.15, 0.2) is 0 Å². The van der Waals surface area contributed by atoms with Crippen LogP contribution < -0.4 is 24.4 Å². The third-order valence-electron chi connectivity index (χ3n) is 6.88. The number of rotatable bonds is 14. The van der Waals surface area contributed by atoms with Gasteiger partial charge < -0.3 is 23.7 Å². The van der Waals surface area contributed by atoms with Gasteiger partial charge in [0.25, 0.3) is 0 Å². The van der Waals surface area contributed by atoms with Crippen LogP contribution in [0.1, 0.15) is 50.2 Å². The lowest BCUT2D eigenvalue weighted by atomic mass is 9.97. The monoisotopic (exact) mass is 604 g/mol. The lowest BCUT2D eigenvalue weighted by molar-refractivity contribution is -0.137. The standard InChI is InChI=1S/C36H33BO8/c1-4-34(38)42-22-6-5-21-41-30-15-11-28(12-16-30)36(40)45-33-20-19-32(24(2)25(33)3)44-35(39)27-9-7-26(8-10-27)23-43-31-17-13-29(37)14-18-31/h4,7-20H,1,5-6,21-23H2,2-3H3. The van der Waals surface area contributed by atoms with E-state index in [1.54, 1.807) is 98.8 Å². The maximum absolute atomic E-state index is 12.8. The molecule has 4 aromatic rings. The second-order valence-electron chi connectivity index (χ2n) is 10.1. The summed E-state index contributed by atoms with van der Waals surface area (Å²) in [4.78, 5) is 36.7. The van der Waals surface area contributed by atoms with Crippen molar-refractivity contribution in [3.63, 3.8) is 0 Å². The fraction of sp³-hybridized carbons (Fsp3) is 0.194. The molecular weight excluding hydrogens is 571 g/mol. The molecule has 0 saturated carbocycles. The molecule has 8 nitrogen and oxygen atoms in total. The Morgan fingerprint density at radius 1 is 0.667 bits per heavy atom. The van der Waals surface area contributed by atoms with Gasteiger partial charge in [-0.05, 0) is 104 Å². The molecule has 0 amide bonds. The van der Waals surface area contributed by atoms with Crippen LogP contribution in [0.15, 0.2) is 97.6 Å². The Labute approximate surface area is 263 Å². The van der Waals surface area contributed by atoms with E-state index >= 15 is 0 Å². The van der Waals surface area contributed by atoms with Crippen LogP contribution >= 0.6 is 0 Å². The van der Waals surface area contributed by atoms with Crippen LogP contribution in [0.3, 0.4) is 0 Å². The van der Waals surface area contributed by atoms with Crippen LogP contribution in [0.2, 0.25) is 0 Å². The van der Waals surface area contributed by atoms with Crippen molar-refractivity contribution < 1.29 is 38.1 Å². The van der Waals surface area contributed by atoms with Gasteiger partial charge in [-0.3, -0.25) is 0 Å². The van der Waals surface area contributed by atoms with Gasteiger partial charge in [0, 0.05) is 6.08 Å². The lowest BCUT2D eigenvalue weighted by Crippen LogP contribution is -2.12. The summed E-state index contributed by atoms with van der Waals surface area (Å²) in [6, 6.07) is 23.9. The van der Waals surface area contributed by atoms with E-state index in [4.69, 9.17) is 31.5 Å². The smallest absolute Gasteiger partial charge is 0.343 e. The van der Waals surface area contributed by atoms with Crippen molar-refractivity contribution in [2.24, 2.45) is 0 Å². The molecule has 0 saturated heterocycles. The third-order valence-corrected chi connectivity index (χ3v) is 6.88. The van der Waals surface area contributed by atoms with Gasteiger partial charge in [-0.25, -0.2) is 14.4 Å². The number of esters is 3. The highest BCUT2D eigenvalue weighted by Crippen LogP contribution is 2.30. The quantitative estimate of drug-likeness (QED) is 0.0569. The summed E-state index contributed by atoms with van der Waals surface area (Å²) in [5.74, 6) is 0.553. The highest BCUT2D eigenvalue weighted by molar-refractivity contribution is 6.32. The molecule has 0 N–H and O–H groups in total. The topological polar surface area (TPSA) is 97.4 Å². The van der Waals surface area contributed by atoms with Crippen molar-refractivity contribution in [1.82, 2.24) is 0 Å². The molecule has 9 heteroatoms. The minimum atomic E-state index is -0.529. The summed E-state index contributed by atoms with van der Waals surface area (Å²) >= 11 is 0. The van der Waals surface area contributed by atoms with E-state index in [9.17, 15) is 14.4 Å². The Bertz CT molecular complexity index is 1630. The summed E-state index contributed by atoms with van der Waals surface area (Å²) in [7, 11) is 5.70. The number of unbranched alkanes of at least 4 members (excludes halogenated alkanes) is 1. The highest BCUT2D eigenvalue weighted by atomic mass is 16.5. The minimum Gasteiger partial charge on any atom is -0.494 e. The second-order valence-corrected chi connectivity index (χ2v) is 10.1. The molecule has 45 heavy (non-hydrogen) atoms. The average molecular weight is 604 g/mol. The Hall–Kier alpha value is -5.31. The van der Waals surface area contributed by atoms with Crippen LogP contribution in [0, 0.1) is 13.8 Å². The molecule has 4 aromatic carbocycles. The number of hydrogen-bond acceptors (Lipinski definition) is 8. The Morgan fingerprint density at radius 2 is 1.16 bits per heavy atom. The summed E-state index contributed by atoms with van der Waals surface area (Å²) in [5.41, 5.74) is 3.64. The highest BCUT2D eigenvalue weighted by Gasteiger charge is 2.17. The first-order valence-electron chi connectivity index (χ1n) is 14.4. The van der Waals surface area contributed by atoms with Gasteiger partial charge in [-0.1, -0.05) is 36.3 Å². The van der Waals surface area contributed by atoms with Gasteiger partial charge in [0.1, 0.15) is 37.5 Å². The second kappa shape index (κ2) is 16.0. The normalized spacial score (nSPS) is 10.4. The third kappa shape index (κ3) is 9.59. The number of hydrogen-bond donors (Lipinski definition) is 0. The van der Waals surface area contributed by atoms with E-state index in [0.717, 1.165) is 11.6 Å². The molecule has 0 aliphatic heterocycles. The van der Waals surface area contributed by atoms with E-state index in [-0.39, 0.29) is 0 Å². The first kappa shape index (κ1) is 32.6. The molecule has 228 valence electrons. The van der Waals surface area contributed by atoms with Crippen molar-refractivity contribution in [3.8, 4) is 23.0 Å². The van der Waals surface area contributed by atoms with Crippen LogP contribution in [-0.4, -0.2) is 39.0 Å². The maximum Gasteiger partial charge on any atom is 0.343 e. The van der Waals surface area contributed by atoms with Gasteiger partial charge >= 0.3 is 17.9 Å². The molecule has 0 spiro atoms. The van der Waals surface area contributed by atoms with Gasteiger partial charge in [-0.2, -0.15) is 0 Å². The van der Waals surface area contributed by atoms with Crippen molar-refractivity contribution in [3.05, 3.63) is 125 Å². The predicted octanol–water partition coefficient (Wildman–Crippen LogP) is 6.00. The molecule has 0 heterocycles. The van der Waals surface area contributed by atoms with E-state index in [1.807, 2.05) is 0 Å². The maximum atomic E-state index is 12.8. The zero-order chi connectivity index (χ0) is 32.2. The fourth-order valence-corrected chi connectivity index (χ4v) is 4.09. The summed E-state index contributed by atoms with van der Waals surface area (Å²) in [5, 5.41) is 0. The molecule has 0 aliphatic carbocycles. The van der Waals surface area contributed by atoms with Gasteiger partial charge in [0.2, 0.25) is 0 Å².